The fourth-order valence-electron chi connectivity index (χ4n) is 3.58. The number of rotatable bonds is 7. The summed E-state index contributed by atoms with van der Waals surface area (Å²) in [7, 11) is 0. The van der Waals surface area contributed by atoms with Crippen LogP contribution in [0.4, 0.5) is 8.78 Å². The van der Waals surface area contributed by atoms with Crippen LogP contribution in [0.15, 0.2) is 18.2 Å². The predicted molar refractivity (Wildman–Crippen MR) is 84.3 cm³/mol. The van der Waals surface area contributed by atoms with E-state index in [0.29, 0.717) is 5.56 Å². The number of benzene rings is 1. The van der Waals surface area contributed by atoms with Gasteiger partial charge in [-0.3, -0.25) is 0 Å². The van der Waals surface area contributed by atoms with E-state index in [2.05, 4.69) is 6.92 Å². The van der Waals surface area contributed by atoms with E-state index in [1.165, 1.54) is 57.4 Å². The van der Waals surface area contributed by atoms with E-state index >= 15 is 0 Å². The molecule has 0 atom stereocenters. The average molecular weight is 294 g/mol. The molecule has 0 aromatic heterocycles. The molecule has 0 bridgehead atoms. The predicted octanol–water partition coefficient (Wildman–Crippen LogP) is 6.28. The van der Waals surface area contributed by atoms with E-state index < -0.39 is 5.82 Å². The zero-order valence-electron chi connectivity index (χ0n) is 13.2. The SMILES string of the molecule is CCCCCC1CCC(CCc2ccc(F)cc2F)CC1. The zero-order valence-corrected chi connectivity index (χ0v) is 13.2. The first-order chi connectivity index (χ1) is 10.2. The number of hydrogen-bond acceptors (Lipinski definition) is 0. The minimum Gasteiger partial charge on any atom is -0.207 e. The Kier molecular flexibility index (Phi) is 6.66. The second-order valence-corrected chi connectivity index (χ2v) is 6.66. The van der Waals surface area contributed by atoms with Crippen molar-refractivity contribution in [3.8, 4) is 0 Å². The molecule has 0 unspecified atom stereocenters. The molecule has 0 N–H and O–H groups in total. The first-order valence-corrected chi connectivity index (χ1v) is 8.63. The summed E-state index contributed by atoms with van der Waals surface area (Å²) in [5.74, 6) is 0.791. The minimum atomic E-state index is -0.483. The summed E-state index contributed by atoms with van der Waals surface area (Å²) < 4.78 is 26.5. The lowest BCUT2D eigenvalue weighted by Crippen LogP contribution is -2.15. The van der Waals surface area contributed by atoms with Crippen LogP contribution in [0.5, 0.6) is 0 Å². The molecule has 0 radical (unpaired) electrons. The van der Waals surface area contributed by atoms with Gasteiger partial charge in [-0.25, -0.2) is 8.78 Å². The van der Waals surface area contributed by atoms with Crippen LogP contribution in [0.2, 0.25) is 0 Å². The van der Waals surface area contributed by atoms with Crippen molar-refractivity contribution in [3.63, 3.8) is 0 Å². The molecule has 1 fully saturated rings. The Morgan fingerprint density at radius 3 is 2.24 bits per heavy atom. The second kappa shape index (κ2) is 8.51. The Labute approximate surface area is 128 Å². The lowest BCUT2D eigenvalue weighted by Gasteiger charge is -2.28. The Morgan fingerprint density at radius 1 is 0.952 bits per heavy atom. The molecule has 0 saturated heterocycles. The molecule has 0 heterocycles. The largest absolute Gasteiger partial charge is 0.207 e. The molecule has 118 valence electrons. The number of hydrogen-bond donors (Lipinski definition) is 0. The highest BCUT2D eigenvalue weighted by Gasteiger charge is 2.21. The van der Waals surface area contributed by atoms with Gasteiger partial charge in [0, 0.05) is 6.07 Å². The summed E-state index contributed by atoms with van der Waals surface area (Å²) in [4.78, 5) is 0. The average Bonchev–Trinajstić information content (AvgIpc) is 2.48. The molecule has 0 aliphatic heterocycles. The Morgan fingerprint density at radius 2 is 1.62 bits per heavy atom. The topological polar surface area (TPSA) is 0 Å². The van der Waals surface area contributed by atoms with Crippen molar-refractivity contribution < 1.29 is 8.78 Å². The van der Waals surface area contributed by atoms with Gasteiger partial charge < -0.3 is 0 Å². The van der Waals surface area contributed by atoms with Gasteiger partial charge in [-0.2, -0.15) is 0 Å². The van der Waals surface area contributed by atoms with Gasteiger partial charge in [-0.1, -0.05) is 64.4 Å². The standard InChI is InChI=1S/C19H28F2/c1-2-3-4-5-15-6-8-16(9-7-15)10-11-17-12-13-18(20)14-19(17)21/h12-16H,2-11H2,1H3. The van der Waals surface area contributed by atoms with Gasteiger partial charge >= 0.3 is 0 Å². The zero-order chi connectivity index (χ0) is 15.1. The van der Waals surface area contributed by atoms with E-state index in [0.717, 1.165) is 30.7 Å². The summed E-state index contributed by atoms with van der Waals surface area (Å²) in [5.41, 5.74) is 0.668. The van der Waals surface area contributed by atoms with Crippen molar-refractivity contribution >= 4 is 0 Å². The van der Waals surface area contributed by atoms with E-state index in [4.69, 9.17) is 0 Å². The normalized spacial score (nSPS) is 22.4. The lowest BCUT2D eigenvalue weighted by molar-refractivity contribution is 0.248. The molecular weight excluding hydrogens is 266 g/mol. The maximum absolute atomic E-state index is 13.6. The van der Waals surface area contributed by atoms with Gasteiger partial charge in [0.05, 0.1) is 0 Å². The Hall–Kier alpha value is -0.920. The van der Waals surface area contributed by atoms with Crippen molar-refractivity contribution in [2.45, 2.75) is 71.1 Å². The van der Waals surface area contributed by atoms with E-state index in [-0.39, 0.29) is 5.82 Å². The maximum Gasteiger partial charge on any atom is 0.129 e. The Bertz CT molecular complexity index is 420. The summed E-state index contributed by atoms with van der Waals surface area (Å²) >= 11 is 0. The highest BCUT2D eigenvalue weighted by atomic mass is 19.1. The molecule has 1 saturated carbocycles. The molecule has 2 rings (SSSR count). The maximum atomic E-state index is 13.6. The fourth-order valence-corrected chi connectivity index (χ4v) is 3.58. The third-order valence-corrected chi connectivity index (χ3v) is 5.02. The molecule has 0 spiro atoms. The smallest absolute Gasteiger partial charge is 0.129 e. The highest BCUT2D eigenvalue weighted by Crippen LogP contribution is 2.34. The molecule has 1 aliphatic rings. The van der Waals surface area contributed by atoms with Crippen molar-refractivity contribution in [2.24, 2.45) is 11.8 Å². The summed E-state index contributed by atoms with van der Waals surface area (Å²) in [6, 6.07) is 3.96. The minimum absolute atomic E-state index is 0.386. The van der Waals surface area contributed by atoms with Crippen LogP contribution in [-0.2, 0) is 6.42 Å². The molecule has 2 heteroatoms. The van der Waals surface area contributed by atoms with Gasteiger partial charge in [0.1, 0.15) is 11.6 Å². The van der Waals surface area contributed by atoms with Gasteiger partial charge in [0.2, 0.25) is 0 Å². The Balaban J connectivity index is 1.69. The lowest BCUT2D eigenvalue weighted by atomic mass is 9.78. The van der Waals surface area contributed by atoms with Gasteiger partial charge in [0.15, 0.2) is 0 Å². The van der Waals surface area contributed by atoms with Gasteiger partial charge in [0.25, 0.3) is 0 Å². The van der Waals surface area contributed by atoms with Gasteiger partial charge in [-0.05, 0) is 36.3 Å². The van der Waals surface area contributed by atoms with Crippen LogP contribution in [0.1, 0.15) is 70.3 Å². The fraction of sp³-hybridized carbons (Fsp3) is 0.684. The summed E-state index contributed by atoms with van der Waals surface area (Å²) in [6.07, 6.45) is 12.5. The number of aryl methyl sites for hydroxylation is 1. The van der Waals surface area contributed by atoms with Crippen molar-refractivity contribution in [2.75, 3.05) is 0 Å². The van der Waals surface area contributed by atoms with E-state index in [9.17, 15) is 8.78 Å². The quantitative estimate of drug-likeness (QED) is 0.519. The van der Waals surface area contributed by atoms with Crippen LogP contribution in [-0.4, -0.2) is 0 Å². The molecular formula is C19H28F2. The molecule has 0 amide bonds. The van der Waals surface area contributed by atoms with Crippen molar-refractivity contribution in [1.82, 2.24) is 0 Å². The first-order valence-electron chi connectivity index (χ1n) is 8.63. The molecule has 21 heavy (non-hydrogen) atoms. The van der Waals surface area contributed by atoms with Crippen molar-refractivity contribution in [1.29, 1.82) is 0 Å². The van der Waals surface area contributed by atoms with E-state index in [1.807, 2.05) is 0 Å². The molecule has 1 aromatic rings. The van der Waals surface area contributed by atoms with E-state index in [1.54, 1.807) is 6.07 Å². The summed E-state index contributed by atoms with van der Waals surface area (Å²) in [6.45, 7) is 2.26. The van der Waals surface area contributed by atoms with Crippen LogP contribution in [0.3, 0.4) is 0 Å². The second-order valence-electron chi connectivity index (χ2n) is 6.66. The first kappa shape index (κ1) is 16.5. The molecule has 1 aromatic carbocycles. The van der Waals surface area contributed by atoms with Crippen LogP contribution >= 0.6 is 0 Å². The molecule has 0 nitrogen and oxygen atoms in total. The third-order valence-electron chi connectivity index (χ3n) is 5.02. The third kappa shape index (κ3) is 5.41. The monoisotopic (exact) mass is 294 g/mol. The van der Waals surface area contributed by atoms with Crippen LogP contribution in [0, 0.1) is 23.5 Å². The van der Waals surface area contributed by atoms with Crippen LogP contribution in [0.25, 0.3) is 0 Å². The van der Waals surface area contributed by atoms with Crippen molar-refractivity contribution in [3.05, 3.63) is 35.4 Å². The number of unbranched alkanes of at least 4 members (excludes halogenated alkanes) is 2. The van der Waals surface area contributed by atoms with Gasteiger partial charge in [-0.15, -0.1) is 0 Å². The molecule has 1 aliphatic carbocycles. The van der Waals surface area contributed by atoms with Crippen LogP contribution < -0.4 is 0 Å². The summed E-state index contributed by atoms with van der Waals surface area (Å²) in [5, 5.41) is 0. The number of halogens is 2. The highest BCUT2D eigenvalue weighted by molar-refractivity contribution is 5.18.